The molecule has 0 atom stereocenters. The summed E-state index contributed by atoms with van der Waals surface area (Å²) >= 11 is 0. The summed E-state index contributed by atoms with van der Waals surface area (Å²) in [6.07, 6.45) is 3.67. The van der Waals surface area contributed by atoms with Crippen molar-refractivity contribution in [1.82, 2.24) is 9.88 Å². The summed E-state index contributed by atoms with van der Waals surface area (Å²) in [5.41, 5.74) is 0.305. The van der Waals surface area contributed by atoms with Crippen molar-refractivity contribution in [2.45, 2.75) is 65.3 Å². The van der Waals surface area contributed by atoms with Gasteiger partial charge in [-0.2, -0.15) is 0 Å². The van der Waals surface area contributed by atoms with E-state index in [1.807, 2.05) is 25.7 Å². The molecule has 1 saturated heterocycles. The minimum absolute atomic E-state index is 0.322. The molecule has 1 N–H and O–H groups in total. The van der Waals surface area contributed by atoms with Crippen LogP contribution >= 0.6 is 0 Å². The Morgan fingerprint density at radius 1 is 1.17 bits per heavy atom. The molecule has 0 spiro atoms. The number of anilines is 1. The fraction of sp³-hybridized carbons (Fsp3) is 0.714. The van der Waals surface area contributed by atoms with Crippen molar-refractivity contribution >= 4 is 11.9 Å². The number of aliphatic hydroxyl groups is 1. The third kappa shape index (κ3) is 8.14. The SMILES string of the molecule is CC(C)(C)OC(=O)N1CCN(c2ncc(CCCCOC(C)(C)O)cc2F)CC1. The highest BCUT2D eigenvalue weighted by Crippen LogP contribution is 2.21. The number of aromatic nitrogens is 1. The minimum atomic E-state index is -1.12. The maximum atomic E-state index is 14.6. The first-order valence-electron chi connectivity index (χ1n) is 10.2. The van der Waals surface area contributed by atoms with Crippen molar-refractivity contribution in [2.24, 2.45) is 0 Å². The van der Waals surface area contributed by atoms with E-state index in [2.05, 4.69) is 4.98 Å². The van der Waals surface area contributed by atoms with Crippen molar-refractivity contribution in [3.8, 4) is 0 Å². The van der Waals surface area contributed by atoms with Gasteiger partial charge in [-0.1, -0.05) is 0 Å². The van der Waals surface area contributed by atoms with Crippen LogP contribution in [0.4, 0.5) is 15.0 Å². The maximum absolute atomic E-state index is 14.6. The number of hydrogen-bond donors (Lipinski definition) is 1. The number of aryl methyl sites for hydroxylation is 1. The summed E-state index contributed by atoms with van der Waals surface area (Å²) in [7, 11) is 0. The topological polar surface area (TPSA) is 75.1 Å². The van der Waals surface area contributed by atoms with E-state index in [1.165, 1.54) is 6.07 Å². The zero-order valence-corrected chi connectivity index (χ0v) is 18.2. The second-order valence-corrected chi connectivity index (χ2v) is 8.86. The Morgan fingerprint density at radius 3 is 2.38 bits per heavy atom. The lowest BCUT2D eigenvalue weighted by Gasteiger charge is -2.36. The summed E-state index contributed by atoms with van der Waals surface area (Å²) in [5.74, 6) is -1.15. The molecule has 8 heteroatoms. The minimum Gasteiger partial charge on any atom is -0.444 e. The molecule has 164 valence electrons. The molecule has 1 fully saturated rings. The molecule has 0 unspecified atom stereocenters. The maximum Gasteiger partial charge on any atom is 0.410 e. The largest absolute Gasteiger partial charge is 0.444 e. The van der Waals surface area contributed by atoms with E-state index in [0.717, 1.165) is 18.4 Å². The van der Waals surface area contributed by atoms with E-state index in [-0.39, 0.29) is 11.9 Å². The number of ether oxygens (including phenoxy) is 2. The normalized spacial score (nSPS) is 15.6. The predicted molar refractivity (Wildman–Crippen MR) is 109 cm³/mol. The summed E-state index contributed by atoms with van der Waals surface area (Å²) in [5, 5.41) is 9.51. The summed E-state index contributed by atoms with van der Waals surface area (Å²) in [6.45, 7) is 11.1. The van der Waals surface area contributed by atoms with Gasteiger partial charge in [0.25, 0.3) is 0 Å². The molecule has 0 saturated carbocycles. The van der Waals surface area contributed by atoms with E-state index in [0.29, 0.717) is 45.0 Å². The van der Waals surface area contributed by atoms with Gasteiger partial charge < -0.3 is 24.4 Å². The molecule has 1 aliphatic rings. The zero-order chi connectivity index (χ0) is 21.7. The molecule has 29 heavy (non-hydrogen) atoms. The first-order valence-corrected chi connectivity index (χ1v) is 10.2. The third-order valence-electron chi connectivity index (χ3n) is 4.42. The van der Waals surface area contributed by atoms with E-state index >= 15 is 0 Å². The smallest absolute Gasteiger partial charge is 0.410 e. The molecule has 1 amide bonds. The molecular weight excluding hydrogens is 377 g/mol. The lowest BCUT2D eigenvalue weighted by Crippen LogP contribution is -2.50. The van der Waals surface area contributed by atoms with Gasteiger partial charge >= 0.3 is 6.09 Å². The molecule has 2 rings (SSSR count). The molecule has 2 heterocycles. The van der Waals surface area contributed by atoms with Crippen molar-refractivity contribution in [3.63, 3.8) is 0 Å². The molecule has 0 bridgehead atoms. The van der Waals surface area contributed by atoms with Crippen molar-refractivity contribution in [3.05, 3.63) is 23.6 Å². The molecule has 0 radical (unpaired) electrons. The van der Waals surface area contributed by atoms with Gasteiger partial charge in [-0.25, -0.2) is 14.2 Å². The van der Waals surface area contributed by atoms with Crippen LogP contribution in [0.5, 0.6) is 0 Å². The average Bonchev–Trinajstić information content (AvgIpc) is 2.59. The summed E-state index contributed by atoms with van der Waals surface area (Å²) in [4.78, 5) is 20.0. The average molecular weight is 412 g/mol. The Labute approximate surface area is 172 Å². The first-order chi connectivity index (χ1) is 13.4. The second kappa shape index (κ2) is 9.71. The highest BCUT2D eigenvalue weighted by molar-refractivity contribution is 5.68. The Balaban J connectivity index is 1.81. The van der Waals surface area contributed by atoms with Gasteiger partial charge in [0.2, 0.25) is 0 Å². The van der Waals surface area contributed by atoms with Crippen LogP contribution in [0.2, 0.25) is 0 Å². The monoisotopic (exact) mass is 411 g/mol. The van der Waals surface area contributed by atoms with E-state index in [9.17, 15) is 14.3 Å². The number of rotatable bonds is 7. The fourth-order valence-corrected chi connectivity index (χ4v) is 3.02. The molecular formula is C21H34FN3O4. The highest BCUT2D eigenvalue weighted by atomic mass is 19.1. The molecule has 1 aliphatic heterocycles. The molecule has 0 aromatic carbocycles. The Hall–Kier alpha value is -1.93. The van der Waals surface area contributed by atoms with Crippen LogP contribution in [-0.4, -0.2) is 65.3 Å². The number of unbranched alkanes of at least 4 members (excludes halogenated alkanes) is 1. The zero-order valence-electron chi connectivity index (χ0n) is 18.2. The number of hydrogen-bond acceptors (Lipinski definition) is 6. The summed E-state index contributed by atoms with van der Waals surface area (Å²) in [6, 6.07) is 1.53. The van der Waals surface area contributed by atoms with Crippen LogP contribution in [0.15, 0.2) is 12.3 Å². The van der Waals surface area contributed by atoms with Crippen LogP contribution < -0.4 is 4.90 Å². The van der Waals surface area contributed by atoms with Crippen LogP contribution in [-0.2, 0) is 15.9 Å². The molecule has 1 aromatic rings. The van der Waals surface area contributed by atoms with Gasteiger partial charge in [0.15, 0.2) is 17.4 Å². The van der Waals surface area contributed by atoms with Crippen molar-refractivity contribution in [2.75, 3.05) is 37.7 Å². The highest BCUT2D eigenvalue weighted by Gasteiger charge is 2.27. The number of piperazine rings is 1. The Kier molecular flexibility index (Phi) is 7.82. The quantitative estimate of drug-likeness (QED) is 0.548. The van der Waals surface area contributed by atoms with Gasteiger partial charge in [-0.3, -0.25) is 0 Å². The second-order valence-electron chi connectivity index (χ2n) is 8.86. The number of pyridine rings is 1. The van der Waals surface area contributed by atoms with Crippen LogP contribution in [0, 0.1) is 5.82 Å². The predicted octanol–water partition coefficient (Wildman–Crippen LogP) is 3.35. The van der Waals surface area contributed by atoms with Crippen LogP contribution in [0.3, 0.4) is 0 Å². The van der Waals surface area contributed by atoms with Crippen LogP contribution in [0.1, 0.15) is 53.0 Å². The van der Waals surface area contributed by atoms with E-state index < -0.39 is 11.4 Å². The Bertz CT molecular complexity index is 677. The molecule has 1 aromatic heterocycles. The van der Waals surface area contributed by atoms with E-state index in [1.54, 1.807) is 24.9 Å². The van der Waals surface area contributed by atoms with Crippen LogP contribution in [0.25, 0.3) is 0 Å². The van der Waals surface area contributed by atoms with Gasteiger partial charge in [0.1, 0.15) is 5.60 Å². The lowest BCUT2D eigenvalue weighted by atomic mass is 10.1. The van der Waals surface area contributed by atoms with Gasteiger partial charge in [-0.05, 0) is 65.5 Å². The number of halogens is 1. The third-order valence-corrected chi connectivity index (χ3v) is 4.42. The number of carbonyl (C=O) groups is 1. The molecule has 7 nitrogen and oxygen atoms in total. The standard InChI is InChI=1S/C21H34FN3O4/c1-20(2,3)29-19(26)25-11-9-24(10-12-25)18-17(22)14-16(15-23-18)8-6-7-13-28-21(4,5)27/h14-15,27H,6-13H2,1-5H3. The molecule has 0 aliphatic carbocycles. The number of nitrogens with zero attached hydrogens (tertiary/aromatic N) is 3. The van der Waals surface area contributed by atoms with E-state index in [4.69, 9.17) is 9.47 Å². The van der Waals surface area contributed by atoms with Crippen molar-refractivity contribution < 1.29 is 23.8 Å². The van der Waals surface area contributed by atoms with Gasteiger partial charge in [-0.15, -0.1) is 0 Å². The lowest BCUT2D eigenvalue weighted by molar-refractivity contribution is -0.176. The van der Waals surface area contributed by atoms with Gasteiger partial charge in [0.05, 0.1) is 0 Å². The van der Waals surface area contributed by atoms with Gasteiger partial charge in [0, 0.05) is 39.0 Å². The first kappa shape index (κ1) is 23.3. The number of carbonyl (C=O) groups excluding carboxylic acids is 1. The summed E-state index contributed by atoms with van der Waals surface area (Å²) < 4.78 is 25.2. The number of amides is 1. The Morgan fingerprint density at radius 2 is 1.83 bits per heavy atom. The fourth-order valence-electron chi connectivity index (χ4n) is 3.02. The van der Waals surface area contributed by atoms with Crippen molar-refractivity contribution in [1.29, 1.82) is 0 Å².